The molecular formula is C25H29NO7. The van der Waals surface area contributed by atoms with Gasteiger partial charge in [0.25, 0.3) is 11.7 Å². The van der Waals surface area contributed by atoms with Crippen LogP contribution in [0.4, 0.5) is 0 Å². The van der Waals surface area contributed by atoms with E-state index < -0.39 is 17.7 Å². The van der Waals surface area contributed by atoms with Gasteiger partial charge in [-0.05, 0) is 54.8 Å². The van der Waals surface area contributed by atoms with Crippen molar-refractivity contribution in [1.29, 1.82) is 0 Å². The van der Waals surface area contributed by atoms with Crippen LogP contribution in [0.1, 0.15) is 29.2 Å². The number of ketones is 1. The normalized spacial score (nSPS) is 17.4. The van der Waals surface area contributed by atoms with Gasteiger partial charge in [0, 0.05) is 25.8 Å². The Bertz CT molecular complexity index is 1080. The van der Waals surface area contributed by atoms with Crippen LogP contribution in [-0.4, -0.2) is 63.3 Å². The van der Waals surface area contributed by atoms with Crippen molar-refractivity contribution < 1.29 is 33.6 Å². The Morgan fingerprint density at radius 1 is 0.970 bits per heavy atom. The Morgan fingerprint density at radius 3 is 2.30 bits per heavy atom. The number of Topliss-reactive ketones (excluding diaryl/α,β-unsaturated/α-hetero) is 1. The van der Waals surface area contributed by atoms with Gasteiger partial charge < -0.3 is 29.0 Å². The molecule has 0 spiro atoms. The summed E-state index contributed by atoms with van der Waals surface area (Å²) in [4.78, 5) is 27.6. The molecule has 2 aromatic rings. The number of hydrogen-bond donors (Lipinski definition) is 1. The molecule has 1 unspecified atom stereocenters. The molecule has 1 amide bonds. The third-order valence-electron chi connectivity index (χ3n) is 5.70. The Kier molecular flexibility index (Phi) is 7.60. The molecule has 0 radical (unpaired) electrons. The molecule has 2 aromatic carbocycles. The fourth-order valence-corrected chi connectivity index (χ4v) is 4.03. The van der Waals surface area contributed by atoms with E-state index in [9.17, 15) is 14.7 Å². The third-order valence-corrected chi connectivity index (χ3v) is 5.70. The molecule has 176 valence electrons. The fourth-order valence-electron chi connectivity index (χ4n) is 4.03. The van der Waals surface area contributed by atoms with Crippen LogP contribution in [0, 0.1) is 6.92 Å². The summed E-state index contributed by atoms with van der Waals surface area (Å²) in [6.07, 6.45) is 0.537. The van der Waals surface area contributed by atoms with Crippen LogP contribution in [0.3, 0.4) is 0 Å². The van der Waals surface area contributed by atoms with Crippen LogP contribution in [0.25, 0.3) is 5.76 Å². The summed E-state index contributed by atoms with van der Waals surface area (Å²) in [6.45, 7) is 2.52. The van der Waals surface area contributed by atoms with Crippen molar-refractivity contribution in [3.63, 3.8) is 0 Å². The quantitative estimate of drug-likeness (QED) is 0.268. The van der Waals surface area contributed by atoms with Gasteiger partial charge in [0.05, 0.1) is 32.9 Å². The summed E-state index contributed by atoms with van der Waals surface area (Å²) in [5.41, 5.74) is 1.81. The van der Waals surface area contributed by atoms with Crippen LogP contribution in [0.2, 0.25) is 0 Å². The number of carbonyl (C=O) groups is 2. The summed E-state index contributed by atoms with van der Waals surface area (Å²) < 4.78 is 21.1. The van der Waals surface area contributed by atoms with E-state index >= 15 is 0 Å². The van der Waals surface area contributed by atoms with Crippen LogP contribution in [-0.2, 0) is 14.3 Å². The fraction of sp³-hybridized carbons (Fsp3) is 0.360. The first-order chi connectivity index (χ1) is 15.9. The van der Waals surface area contributed by atoms with Crippen molar-refractivity contribution in [3.8, 4) is 17.2 Å². The van der Waals surface area contributed by atoms with Gasteiger partial charge in [0.2, 0.25) is 0 Å². The van der Waals surface area contributed by atoms with E-state index in [1.807, 2.05) is 0 Å². The number of aliphatic hydroxyl groups excluding tert-OH is 1. The zero-order valence-corrected chi connectivity index (χ0v) is 19.5. The molecule has 1 aliphatic heterocycles. The summed E-state index contributed by atoms with van der Waals surface area (Å²) in [5, 5.41) is 11.3. The highest BCUT2D eigenvalue weighted by Gasteiger charge is 2.46. The number of hydrogen-bond acceptors (Lipinski definition) is 7. The molecule has 8 heteroatoms. The summed E-state index contributed by atoms with van der Waals surface area (Å²) in [5.74, 6) is -0.0387. The number of rotatable bonds is 9. The number of aryl methyl sites for hydroxylation is 1. The molecule has 8 nitrogen and oxygen atoms in total. The van der Waals surface area contributed by atoms with E-state index in [2.05, 4.69) is 0 Å². The maximum Gasteiger partial charge on any atom is 0.295 e. The van der Waals surface area contributed by atoms with Crippen molar-refractivity contribution in [2.24, 2.45) is 0 Å². The number of amides is 1. The first-order valence-electron chi connectivity index (χ1n) is 10.5. The summed E-state index contributed by atoms with van der Waals surface area (Å²) in [7, 11) is 6.17. The van der Waals surface area contributed by atoms with Crippen molar-refractivity contribution in [2.75, 3.05) is 41.6 Å². The maximum absolute atomic E-state index is 13.1. The molecule has 0 saturated carbocycles. The smallest absolute Gasteiger partial charge is 0.295 e. The molecule has 0 aromatic heterocycles. The third kappa shape index (κ3) is 4.66. The van der Waals surface area contributed by atoms with Crippen molar-refractivity contribution >= 4 is 17.4 Å². The Hall–Kier alpha value is -3.52. The Morgan fingerprint density at radius 2 is 1.70 bits per heavy atom. The number of carbonyl (C=O) groups excluding carboxylic acids is 2. The molecule has 1 fully saturated rings. The topological polar surface area (TPSA) is 94.5 Å². The SMILES string of the molecule is COCCCN1C(=O)C(=O)/C(=C(/O)c2ccc(OC)cc2C)C1c1ccc(OC)c(OC)c1. The first-order valence-corrected chi connectivity index (χ1v) is 10.5. The highest BCUT2D eigenvalue weighted by atomic mass is 16.5. The zero-order valence-electron chi connectivity index (χ0n) is 19.5. The van der Waals surface area contributed by atoms with Gasteiger partial charge in [-0.15, -0.1) is 0 Å². The lowest BCUT2D eigenvalue weighted by atomic mass is 9.93. The number of likely N-dealkylation sites (tertiary alicyclic amines) is 1. The molecule has 3 rings (SSSR count). The second-order valence-corrected chi connectivity index (χ2v) is 7.63. The van der Waals surface area contributed by atoms with E-state index in [4.69, 9.17) is 18.9 Å². The molecule has 1 saturated heterocycles. The van der Waals surface area contributed by atoms with E-state index in [-0.39, 0.29) is 17.9 Å². The predicted octanol–water partition coefficient (Wildman–Crippen LogP) is 3.48. The largest absolute Gasteiger partial charge is 0.507 e. The molecule has 1 heterocycles. The molecule has 0 bridgehead atoms. The lowest BCUT2D eigenvalue weighted by molar-refractivity contribution is -0.140. The van der Waals surface area contributed by atoms with E-state index in [0.717, 1.165) is 0 Å². The highest BCUT2D eigenvalue weighted by Crippen LogP contribution is 2.42. The van der Waals surface area contributed by atoms with Gasteiger partial charge in [0.15, 0.2) is 11.5 Å². The second kappa shape index (κ2) is 10.4. The van der Waals surface area contributed by atoms with Crippen molar-refractivity contribution in [1.82, 2.24) is 4.90 Å². The Labute approximate surface area is 193 Å². The number of methoxy groups -OCH3 is 4. The van der Waals surface area contributed by atoms with Gasteiger partial charge in [-0.2, -0.15) is 0 Å². The highest BCUT2D eigenvalue weighted by molar-refractivity contribution is 6.46. The Balaban J connectivity index is 2.18. The molecule has 0 aliphatic carbocycles. The van der Waals surface area contributed by atoms with E-state index in [1.54, 1.807) is 57.5 Å². The lowest BCUT2D eigenvalue weighted by Gasteiger charge is -2.26. The summed E-state index contributed by atoms with van der Waals surface area (Å²) >= 11 is 0. The molecule has 33 heavy (non-hydrogen) atoms. The average molecular weight is 456 g/mol. The lowest BCUT2D eigenvalue weighted by Crippen LogP contribution is -2.31. The van der Waals surface area contributed by atoms with Crippen LogP contribution in [0.15, 0.2) is 42.0 Å². The van der Waals surface area contributed by atoms with Crippen LogP contribution >= 0.6 is 0 Å². The number of benzene rings is 2. The predicted molar refractivity (Wildman–Crippen MR) is 123 cm³/mol. The standard InChI is InChI=1S/C25H29NO7/c1-15-13-17(31-3)8-9-18(15)23(27)21-22(16-7-10-19(32-4)20(14-16)33-5)26(11-6-12-30-2)25(29)24(21)28/h7-10,13-14,22,27H,6,11-12H2,1-5H3/b23-21+. The first kappa shape index (κ1) is 24.1. The average Bonchev–Trinajstić information content (AvgIpc) is 3.08. The second-order valence-electron chi connectivity index (χ2n) is 7.63. The minimum absolute atomic E-state index is 0.0258. The number of nitrogens with zero attached hydrogens (tertiary/aromatic N) is 1. The van der Waals surface area contributed by atoms with Crippen molar-refractivity contribution in [2.45, 2.75) is 19.4 Å². The van der Waals surface area contributed by atoms with Crippen LogP contribution < -0.4 is 14.2 Å². The zero-order chi connectivity index (χ0) is 24.1. The molecule has 1 atom stereocenters. The van der Waals surface area contributed by atoms with E-state index in [0.29, 0.717) is 47.0 Å². The van der Waals surface area contributed by atoms with Gasteiger partial charge in [-0.1, -0.05) is 6.07 Å². The molecule has 1 N–H and O–H groups in total. The minimum Gasteiger partial charge on any atom is -0.507 e. The van der Waals surface area contributed by atoms with Crippen LogP contribution in [0.5, 0.6) is 17.2 Å². The van der Waals surface area contributed by atoms with Crippen molar-refractivity contribution in [3.05, 3.63) is 58.7 Å². The molecule has 1 aliphatic rings. The van der Waals surface area contributed by atoms with Gasteiger partial charge in [-0.3, -0.25) is 9.59 Å². The summed E-state index contributed by atoms with van der Waals surface area (Å²) in [6, 6.07) is 9.53. The number of aliphatic hydroxyl groups is 1. The monoisotopic (exact) mass is 455 g/mol. The molecular weight excluding hydrogens is 426 g/mol. The van der Waals surface area contributed by atoms with Gasteiger partial charge >= 0.3 is 0 Å². The van der Waals surface area contributed by atoms with E-state index in [1.165, 1.54) is 19.1 Å². The van der Waals surface area contributed by atoms with Gasteiger partial charge in [-0.25, -0.2) is 0 Å². The maximum atomic E-state index is 13.1. The minimum atomic E-state index is -0.789. The van der Waals surface area contributed by atoms with Gasteiger partial charge in [0.1, 0.15) is 11.5 Å². The number of ether oxygens (including phenoxy) is 4.